The zero-order chi connectivity index (χ0) is 44.9. The van der Waals surface area contributed by atoms with Crippen molar-refractivity contribution in [2.24, 2.45) is 0 Å². The minimum atomic E-state index is 0.438. The molecule has 0 N–H and O–H groups in total. The Morgan fingerprint density at radius 1 is 0.344 bits per heavy atom. The molecule has 4 aromatic heterocycles. The van der Waals surface area contributed by atoms with Gasteiger partial charge in [0, 0.05) is 65.8 Å². The van der Waals surface area contributed by atoms with Crippen LogP contribution in [-0.4, -0.2) is 8.80 Å². The number of aryl methyl sites for hydroxylation is 4. The highest BCUT2D eigenvalue weighted by atomic mass is 15.2. The third-order valence-electron chi connectivity index (χ3n) is 14.4. The van der Waals surface area contributed by atoms with Crippen LogP contribution in [0.3, 0.4) is 0 Å². The molecule has 0 fully saturated rings. The van der Waals surface area contributed by atoms with Crippen molar-refractivity contribution < 1.29 is 2.74 Å². The quantitative estimate of drug-likeness (QED) is 0.166. The maximum Gasteiger partial charge on any atom is 0.0653 e. The average molecular weight is 825 g/mol. The van der Waals surface area contributed by atoms with E-state index in [9.17, 15) is 2.74 Å². The molecule has 13 aromatic rings. The Hall–Kier alpha value is -7.82. The second-order valence-corrected chi connectivity index (χ2v) is 17.9. The highest BCUT2D eigenvalue weighted by molar-refractivity contribution is 6.32. The molecule has 0 unspecified atom stereocenters. The number of rotatable bonds is 6. The summed E-state index contributed by atoms with van der Waals surface area (Å²) in [7, 11) is 0. The van der Waals surface area contributed by atoms with Gasteiger partial charge in [-0.1, -0.05) is 84.9 Å². The molecule has 0 bridgehead atoms. The number of anilines is 6. The van der Waals surface area contributed by atoms with Gasteiger partial charge in [0.2, 0.25) is 0 Å². The molecular weight excluding hydrogens is 777 g/mol. The van der Waals surface area contributed by atoms with Crippen molar-refractivity contribution in [2.45, 2.75) is 41.5 Å². The van der Waals surface area contributed by atoms with Gasteiger partial charge in [-0.15, -0.1) is 0 Å². The van der Waals surface area contributed by atoms with E-state index in [1.807, 2.05) is 0 Å². The van der Waals surface area contributed by atoms with E-state index < -0.39 is 0 Å². The average Bonchev–Trinajstić information content (AvgIpc) is 4.07. The zero-order valence-corrected chi connectivity index (χ0v) is 36.8. The second kappa shape index (κ2) is 13.3. The number of fused-ring (bicyclic) bond motifs is 12. The van der Waals surface area contributed by atoms with Gasteiger partial charge in [-0.2, -0.15) is 0 Å². The van der Waals surface area contributed by atoms with Gasteiger partial charge in [0.25, 0.3) is 0 Å². The van der Waals surface area contributed by atoms with Crippen LogP contribution < -0.4 is 9.80 Å². The fraction of sp³-hybridized carbons (Fsp3) is 0.100. The van der Waals surface area contributed by atoms with Crippen LogP contribution in [0.1, 0.15) is 36.1 Å². The van der Waals surface area contributed by atoms with E-state index in [2.05, 4.69) is 218 Å². The predicted molar refractivity (Wildman–Crippen MR) is 274 cm³/mol. The molecule has 13 rings (SSSR count). The molecule has 0 aliphatic rings. The summed E-state index contributed by atoms with van der Waals surface area (Å²) in [6, 6.07) is 57.4. The minimum absolute atomic E-state index is 0.438. The van der Waals surface area contributed by atoms with Gasteiger partial charge in [0.15, 0.2) is 0 Å². The molecule has 0 aliphatic carbocycles. The number of hydrogen-bond donors (Lipinski definition) is 0. The molecule has 0 radical (unpaired) electrons. The molecule has 0 aliphatic heterocycles. The van der Waals surface area contributed by atoms with Crippen LogP contribution >= 0.6 is 0 Å². The van der Waals surface area contributed by atoms with Gasteiger partial charge in [-0.3, -0.25) is 0 Å². The first-order chi connectivity index (χ1) is 32.1. The summed E-state index contributed by atoms with van der Waals surface area (Å²) in [5.74, 6) is 0. The molecule has 0 saturated carbocycles. The fourth-order valence-electron chi connectivity index (χ4n) is 10.9. The Morgan fingerprint density at radius 3 is 1.09 bits per heavy atom. The maximum absolute atomic E-state index is 10.5. The lowest BCUT2D eigenvalue weighted by Crippen LogP contribution is -2.11. The van der Waals surface area contributed by atoms with Crippen molar-refractivity contribution in [1.82, 2.24) is 8.80 Å². The fourth-order valence-corrected chi connectivity index (χ4v) is 10.9. The normalized spacial score (nSPS) is 12.7. The van der Waals surface area contributed by atoms with E-state index in [0.29, 0.717) is 12.1 Å². The summed E-state index contributed by atoms with van der Waals surface area (Å²) < 4.78 is 25.5. The van der Waals surface area contributed by atoms with E-state index in [-0.39, 0.29) is 0 Å². The minimum Gasteiger partial charge on any atom is -0.310 e. The van der Waals surface area contributed by atoms with Gasteiger partial charge in [0.05, 0.1) is 47.2 Å². The van der Waals surface area contributed by atoms with Crippen molar-refractivity contribution in [3.63, 3.8) is 0 Å². The number of para-hydroxylation sites is 4. The molecule has 4 heteroatoms. The third-order valence-corrected chi connectivity index (χ3v) is 14.4. The van der Waals surface area contributed by atoms with Crippen LogP contribution in [0.4, 0.5) is 34.1 Å². The molecule has 0 amide bonds. The van der Waals surface area contributed by atoms with Gasteiger partial charge >= 0.3 is 0 Å². The Labute approximate surface area is 374 Å². The molecule has 0 atom stereocenters. The largest absolute Gasteiger partial charge is 0.310 e. The standard InChI is InChI=1S/C60H46N4/c1-35-29-43(30-36(2)39(35)5)61(41-17-9-7-10-18-41)53-27-25-45-49-33-56-50(34-55(49)63-51-23-15-13-21-47(51)57(53)59(45)63)46-26-28-54(58-48-22-14-16-24-52(48)64(56)60(46)58)62(42-19-11-8-12-20-42)44-31-37(3)40(6)38(4)32-44/h7-34H,1-6H3/i33D,34D. The first kappa shape index (κ1) is 34.7. The van der Waals surface area contributed by atoms with Crippen molar-refractivity contribution in [1.29, 1.82) is 0 Å². The summed E-state index contributed by atoms with van der Waals surface area (Å²) in [4.78, 5) is 4.77. The molecule has 0 spiro atoms. The Morgan fingerprint density at radius 2 is 0.703 bits per heavy atom. The lowest BCUT2D eigenvalue weighted by molar-refractivity contribution is 1.22. The van der Waals surface area contributed by atoms with Crippen molar-refractivity contribution in [3.8, 4) is 0 Å². The Balaban J connectivity index is 1.16. The van der Waals surface area contributed by atoms with Crippen LogP contribution in [0.2, 0.25) is 0 Å². The molecule has 4 nitrogen and oxygen atoms in total. The SMILES string of the molecule is [2H]c1c2c3ccc(N(c4ccccc4)c4cc(C)c(C)c(C)c4)c4c5ccccc5n(c2c([2H])c2c5ccc(N(c6ccccc6)c6cc(C)c(C)c(C)c6)c6c7ccccc7n(c12)c56)c34. The van der Waals surface area contributed by atoms with Crippen molar-refractivity contribution >= 4 is 110 Å². The van der Waals surface area contributed by atoms with Crippen LogP contribution in [0, 0.1) is 41.5 Å². The lowest BCUT2D eigenvalue weighted by Gasteiger charge is -2.27. The number of nitrogens with zero attached hydrogens (tertiary/aromatic N) is 4. The second-order valence-electron chi connectivity index (χ2n) is 17.9. The predicted octanol–water partition coefficient (Wildman–Crippen LogP) is 16.8. The smallest absolute Gasteiger partial charge is 0.0653 e. The lowest BCUT2D eigenvalue weighted by atomic mass is 10.00. The third kappa shape index (κ3) is 4.94. The number of hydrogen-bond acceptors (Lipinski definition) is 2. The Kier molecular flexibility index (Phi) is 7.24. The summed E-state index contributed by atoms with van der Waals surface area (Å²) in [6.07, 6.45) is 0. The van der Waals surface area contributed by atoms with Gasteiger partial charge in [-0.05, 0) is 160 Å². The maximum atomic E-state index is 10.5. The number of benzene rings is 9. The van der Waals surface area contributed by atoms with Gasteiger partial charge in [0.1, 0.15) is 0 Å². The van der Waals surface area contributed by atoms with Gasteiger partial charge in [-0.25, -0.2) is 0 Å². The van der Waals surface area contributed by atoms with Crippen LogP contribution in [0.25, 0.3) is 76.2 Å². The highest BCUT2D eigenvalue weighted by Gasteiger charge is 2.28. The highest BCUT2D eigenvalue weighted by Crippen LogP contribution is 2.51. The molecule has 9 aromatic carbocycles. The van der Waals surface area contributed by atoms with E-state index in [1.165, 1.54) is 33.4 Å². The van der Waals surface area contributed by atoms with Crippen LogP contribution in [0.15, 0.2) is 170 Å². The topological polar surface area (TPSA) is 15.3 Å². The van der Waals surface area contributed by atoms with E-state index in [0.717, 1.165) is 110 Å². The summed E-state index contributed by atoms with van der Waals surface area (Å²) in [5.41, 5.74) is 19.7. The van der Waals surface area contributed by atoms with E-state index in [4.69, 9.17) is 0 Å². The molecule has 64 heavy (non-hydrogen) atoms. The van der Waals surface area contributed by atoms with Crippen molar-refractivity contribution in [2.75, 3.05) is 9.80 Å². The van der Waals surface area contributed by atoms with Gasteiger partial charge < -0.3 is 18.6 Å². The molecule has 4 heterocycles. The Bertz CT molecular complexity index is 3830. The summed E-state index contributed by atoms with van der Waals surface area (Å²) in [5, 5.41) is 8.04. The number of aromatic nitrogens is 2. The van der Waals surface area contributed by atoms with Crippen LogP contribution in [-0.2, 0) is 0 Å². The first-order valence-corrected chi connectivity index (χ1v) is 22.3. The zero-order valence-electron chi connectivity index (χ0n) is 38.8. The molecule has 306 valence electrons. The summed E-state index contributed by atoms with van der Waals surface area (Å²) in [6.45, 7) is 13.2. The van der Waals surface area contributed by atoms with Crippen molar-refractivity contribution in [3.05, 3.63) is 203 Å². The molecular formula is C60H46N4. The summed E-state index contributed by atoms with van der Waals surface area (Å²) >= 11 is 0. The first-order valence-electron chi connectivity index (χ1n) is 23.3. The van der Waals surface area contributed by atoms with E-state index in [1.54, 1.807) is 0 Å². The van der Waals surface area contributed by atoms with Crippen LogP contribution in [0.5, 0.6) is 0 Å². The molecule has 0 saturated heterocycles. The monoisotopic (exact) mass is 824 g/mol. The van der Waals surface area contributed by atoms with E-state index >= 15 is 0 Å².